The quantitative estimate of drug-likeness (QED) is 0.566. The van der Waals surface area contributed by atoms with Gasteiger partial charge in [0.15, 0.2) is 4.80 Å². The molecule has 4 rings (SSSR count). The summed E-state index contributed by atoms with van der Waals surface area (Å²) >= 11 is 13.3. The highest BCUT2D eigenvalue weighted by Gasteiger charge is 2.33. The standard InChI is InChI=1S/C23H18Cl2N2O4S/c1-3-31-22(30)19-12(2)26-23-27(20(19)14-5-7-15(24)8-6-14)21(29)18(32-23)11-13-4-9-17(28)16(25)10-13/h4-11,20,28H,3H2,1-2H3/b18-11+. The number of phenols is 1. The van der Waals surface area contributed by atoms with Gasteiger partial charge in [-0.25, -0.2) is 9.79 Å². The molecule has 0 aliphatic carbocycles. The monoisotopic (exact) mass is 488 g/mol. The molecule has 3 aromatic rings. The third kappa shape index (κ3) is 4.11. The number of fused-ring (bicyclic) bond motifs is 1. The minimum absolute atomic E-state index is 0.0391. The maximum atomic E-state index is 13.5. The summed E-state index contributed by atoms with van der Waals surface area (Å²) in [6, 6.07) is 11.0. The summed E-state index contributed by atoms with van der Waals surface area (Å²) in [5.41, 5.74) is 1.87. The van der Waals surface area contributed by atoms with Crippen LogP contribution in [0.25, 0.3) is 6.08 Å². The Kier molecular flexibility index (Phi) is 6.24. The maximum Gasteiger partial charge on any atom is 0.338 e. The van der Waals surface area contributed by atoms with E-state index in [4.69, 9.17) is 27.9 Å². The third-order valence-corrected chi connectivity index (χ3v) is 6.51. The van der Waals surface area contributed by atoms with Gasteiger partial charge in [-0.2, -0.15) is 0 Å². The molecule has 1 aliphatic rings. The smallest absolute Gasteiger partial charge is 0.338 e. The number of benzene rings is 2. The largest absolute Gasteiger partial charge is 0.506 e. The van der Waals surface area contributed by atoms with Gasteiger partial charge >= 0.3 is 5.97 Å². The number of thiazole rings is 1. The molecule has 0 bridgehead atoms. The highest BCUT2D eigenvalue weighted by molar-refractivity contribution is 7.07. The van der Waals surface area contributed by atoms with E-state index in [0.717, 1.165) is 0 Å². The van der Waals surface area contributed by atoms with Crippen LogP contribution in [0.4, 0.5) is 0 Å². The molecule has 1 unspecified atom stereocenters. The lowest BCUT2D eigenvalue weighted by molar-refractivity contribution is -0.139. The molecule has 32 heavy (non-hydrogen) atoms. The van der Waals surface area contributed by atoms with Crippen molar-refractivity contribution in [1.82, 2.24) is 4.57 Å². The van der Waals surface area contributed by atoms with Crippen LogP contribution in [0.5, 0.6) is 5.75 Å². The number of hydrogen-bond donors (Lipinski definition) is 1. The number of aromatic hydroxyl groups is 1. The number of allylic oxidation sites excluding steroid dienone is 1. The van der Waals surface area contributed by atoms with E-state index in [9.17, 15) is 14.7 Å². The number of carbonyl (C=O) groups excluding carboxylic acids is 1. The molecule has 0 spiro atoms. The number of carbonyl (C=O) groups is 1. The minimum Gasteiger partial charge on any atom is -0.506 e. The van der Waals surface area contributed by atoms with E-state index in [1.165, 1.54) is 22.0 Å². The lowest BCUT2D eigenvalue weighted by atomic mass is 9.96. The average molecular weight is 489 g/mol. The van der Waals surface area contributed by atoms with Crippen LogP contribution in [0.3, 0.4) is 0 Å². The fourth-order valence-electron chi connectivity index (χ4n) is 3.52. The van der Waals surface area contributed by atoms with Crippen LogP contribution in [-0.4, -0.2) is 22.2 Å². The van der Waals surface area contributed by atoms with Crippen molar-refractivity contribution in [2.45, 2.75) is 19.9 Å². The van der Waals surface area contributed by atoms with Crippen molar-refractivity contribution in [1.29, 1.82) is 0 Å². The van der Waals surface area contributed by atoms with Crippen LogP contribution in [0.15, 0.2) is 63.5 Å². The number of phenolic OH excluding ortho intramolecular Hbond substituents is 1. The maximum absolute atomic E-state index is 13.5. The summed E-state index contributed by atoms with van der Waals surface area (Å²) in [7, 11) is 0. The molecular weight excluding hydrogens is 471 g/mol. The van der Waals surface area contributed by atoms with Gasteiger partial charge in [0.05, 0.1) is 33.5 Å². The fraction of sp³-hybridized carbons (Fsp3) is 0.174. The minimum atomic E-state index is -0.701. The van der Waals surface area contributed by atoms with E-state index in [0.29, 0.717) is 36.8 Å². The van der Waals surface area contributed by atoms with E-state index in [1.807, 2.05) is 0 Å². The van der Waals surface area contributed by atoms with Gasteiger partial charge in [-0.3, -0.25) is 9.36 Å². The zero-order valence-electron chi connectivity index (χ0n) is 17.1. The predicted molar refractivity (Wildman–Crippen MR) is 125 cm³/mol. The number of esters is 1. The van der Waals surface area contributed by atoms with Gasteiger partial charge in [-0.1, -0.05) is 52.7 Å². The van der Waals surface area contributed by atoms with Crippen LogP contribution >= 0.6 is 34.5 Å². The van der Waals surface area contributed by atoms with E-state index in [1.54, 1.807) is 56.3 Å². The number of aromatic nitrogens is 1. The summed E-state index contributed by atoms with van der Waals surface area (Å²) in [6.45, 7) is 3.66. The second-order valence-electron chi connectivity index (χ2n) is 7.06. The molecule has 0 amide bonds. The first-order valence-corrected chi connectivity index (χ1v) is 11.3. The zero-order chi connectivity index (χ0) is 23.0. The molecular formula is C23H18Cl2N2O4S. The average Bonchev–Trinajstić information content (AvgIpc) is 3.05. The lowest BCUT2D eigenvalue weighted by Crippen LogP contribution is -2.39. The molecule has 1 atom stereocenters. The van der Waals surface area contributed by atoms with Crippen molar-refractivity contribution in [2.24, 2.45) is 4.99 Å². The molecule has 2 aromatic carbocycles. The fourth-order valence-corrected chi connectivity index (χ4v) is 4.88. The van der Waals surface area contributed by atoms with Crippen molar-refractivity contribution < 1.29 is 14.6 Å². The van der Waals surface area contributed by atoms with Gasteiger partial charge in [0.1, 0.15) is 5.75 Å². The van der Waals surface area contributed by atoms with Crippen molar-refractivity contribution in [3.63, 3.8) is 0 Å². The second-order valence-corrected chi connectivity index (χ2v) is 8.92. The number of nitrogens with zero attached hydrogens (tertiary/aromatic N) is 2. The SMILES string of the molecule is CCOC(=O)C1=C(C)N=c2s/c(=C/c3ccc(O)c(Cl)c3)c(=O)n2C1c1ccc(Cl)cc1. The first kappa shape index (κ1) is 22.3. The number of rotatable bonds is 4. The molecule has 6 nitrogen and oxygen atoms in total. The van der Waals surface area contributed by atoms with Crippen molar-refractivity contribution >= 4 is 46.6 Å². The Morgan fingerprint density at radius 3 is 2.62 bits per heavy atom. The number of hydrogen-bond acceptors (Lipinski definition) is 6. The molecule has 164 valence electrons. The van der Waals surface area contributed by atoms with Crippen molar-refractivity contribution in [3.8, 4) is 5.75 Å². The molecule has 0 radical (unpaired) electrons. The van der Waals surface area contributed by atoms with Crippen LogP contribution in [0.1, 0.15) is 31.0 Å². The lowest BCUT2D eigenvalue weighted by Gasteiger charge is -2.24. The van der Waals surface area contributed by atoms with Gasteiger partial charge in [0, 0.05) is 5.02 Å². The molecule has 9 heteroatoms. The first-order chi connectivity index (χ1) is 15.3. The van der Waals surface area contributed by atoms with Gasteiger partial charge in [-0.05, 0) is 55.3 Å². The molecule has 1 N–H and O–H groups in total. The normalized spacial score (nSPS) is 16.0. The summed E-state index contributed by atoms with van der Waals surface area (Å²) in [5.74, 6) is -0.559. The Morgan fingerprint density at radius 1 is 1.25 bits per heavy atom. The predicted octanol–water partition coefficient (Wildman–Crippen LogP) is 3.81. The van der Waals surface area contributed by atoms with Crippen LogP contribution in [-0.2, 0) is 9.53 Å². The highest BCUT2D eigenvalue weighted by atomic mass is 35.5. The van der Waals surface area contributed by atoms with Crippen molar-refractivity contribution in [2.75, 3.05) is 6.61 Å². The molecule has 2 heterocycles. The van der Waals surface area contributed by atoms with Crippen molar-refractivity contribution in [3.05, 3.63) is 94.6 Å². The highest BCUT2D eigenvalue weighted by Crippen LogP contribution is 2.31. The van der Waals surface area contributed by atoms with Crippen LogP contribution < -0.4 is 14.9 Å². The molecule has 1 aromatic heterocycles. The molecule has 1 aliphatic heterocycles. The van der Waals surface area contributed by atoms with Gasteiger partial charge in [0.2, 0.25) is 0 Å². The topological polar surface area (TPSA) is 80.9 Å². The Hall–Kier alpha value is -2.87. The van der Waals surface area contributed by atoms with E-state index >= 15 is 0 Å². The summed E-state index contributed by atoms with van der Waals surface area (Å²) in [5, 5.41) is 10.4. The Balaban J connectivity index is 1.95. The third-order valence-electron chi connectivity index (χ3n) is 4.97. The summed E-state index contributed by atoms with van der Waals surface area (Å²) in [4.78, 5) is 31.3. The van der Waals surface area contributed by atoms with Crippen LogP contribution in [0, 0.1) is 0 Å². The molecule has 0 saturated carbocycles. The number of ether oxygens (including phenoxy) is 1. The first-order valence-electron chi connectivity index (χ1n) is 9.73. The van der Waals surface area contributed by atoms with E-state index in [-0.39, 0.29) is 22.9 Å². The Labute approximate surface area is 197 Å². The second kappa shape index (κ2) is 8.94. The van der Waals surface area contributed by atoms with E-state index in [2.05, 4.69) is 4.99 Å². The zero-order valence-corrected chi connectivity index (χ0v) is 19.5. The molecule has 0 fully saturated rings. The van der Waals surface area contributed by atoms with E-state index < -0.39 is 12.0 Å². The molecule has 0 saturated heterocycles. The van der Waals surface area contributed by atoms with Gasteiger partial charge in [-0.15, -0.1) is 0 Å². The van der Waals surface area contributed by atoms with Gasteiger partial charge < -0.3 is 9.84 Å². The Morgan fingerprint density at radius 2 is 1.97 bits per heavy atom. The van der Waals surface area contributed by atoms with Crippen LogP contribution in [0.2, 0.25) is 10.0 Å². The summed E-state index contributed by atoms with van der Waals surface area (Å²) in [6.07, 6.45) is 1.68. The Bertz CT molecular complexity index is 1420. The number of halogens is 2. The van der Waals surface area contributed by atoms with Gasteiger partial charge in [0.25, 0.3) is 5.56 Å². The summed E-state index contributed by atoms with van der Waals surface area (Å²) < 4.78 is 7.19.